The van der Waals surface area contributed by atoms with Gasteiger partial charge < -0.3 is 15.0 Å². The maximum Gasteiger partial charge on any atom is 0.270 e. The summed E-state index contributed by atoms with van der Waals surface area (Å²) in [5.74, 6) is -0.116. The van der Waals surface area contributed by atoms with E-state index in [1.165, 1.54) is 16.4 Å². The lowest BCUT2D eigenvalue weighted by Gasteiger charge is -2.24. The van der Waals surface area contributed by atoms with Crippen molar-refractivity contribution in [3.63, 3.8) is 0 Å². The molecule has 37 heavy (non-hydrogen) atoms. The van der Waals surface area contributed by atoms with Crippen LogP contribution < -0.4 is 4.31 Å². The molecule has 2 N–H and O–H groups in total. The zero-order chi connectivity index (χ0) is 26.7. The number of sulfonamides is 1. The molecule has 4 rings (SSSR count). The third kappa shape index (κ3) is 5.79. The summed E-state index contributed by atoms with van der Waals surface area (Å²) >= 11 is 0. The molecule has 0 saturated carbocycles. The van der Waals surface area contributed by atoms with Crippen molar-refractivity contribution >= 4 is 43.7 Å². The average molecular weight is 522 g/mol. The molecule has 10 nitrogen and oxygen atoms in total. The van der Waals surface area contributed by atoms with Gasteiger partial charge in [0.1, 0.15) is 0 Å². The van der Waals surface area contributed by atoms with Crippen molar-refractivity contribution in [2.75, 3.05) is 37.7 Å². The highest BCUT2D eigenvalue weighted by atomic mass is 32.2. The Morgan fingerprint density at radius 2 is 1.73 bits per heavy atom. The predicted molar refractivity (Wildman–Crippen MR) is 146 cm³/mol. The van der Waals surface area contributed by atoms with E-state index in [9.17, 15) is 23.6 Å². The van der Waals surface area contributed by atoms with Crippen molar-refractivity contribution in [1.29, 1.82) is 0 Å². The molecule has 3 aromatic carbocycles. The van der Waals surface area contributed by atoms with Gasteiger partial charge in [0.05, 0.1) is 33.8 Å². The Morgan fingerprint density at radius 1 is 1.03 bits per heavy atom. The smallest absolute Gasteiger partial charge is 0.270 e. The number of nitrogens with one attached hydrogen (secondary N) is 1. The number of hydrogen-bond donors (Lipinski definition) is 2. The molecule has 0 radical (unpaired) electrons. The molecule has 1 heterocycles. The summed E-state index contributed by atoms with van der Waals surface area (Å²) < 4.78 is 26.1. The van der Waals surface area contributed by atoms with Crippen LogP contribution in [0.1, 0.15) is 11.1 Å². The number of rotatable bonds is 9. The fourth-order valence-electron chi connectivity index (χ4n) is 4.00. The first-order chi connectivity index (χ1) is 17.5. The van der Waals surface area contributed by atoms with E-state index in [2.05, 4.69) is 4.98 Å². The van der Waals surface area contributed by atoms with Crippen LogP contribution in [0.2, 0.25) is 0 Å². The van der Waals surface area contributed by atoms with E-state index in [0.717, 1.165) is 6.26 Å². The van der Waals surface area contributed by atoms with Gasteiger partial charge in [-0.25, -0.2) is 13.4 Å². The van der Waals surface area contributed by atoms with Crippen molar-refractivity contribution in [3.05, 3.63) is 94.0 Å². The topological polar surface area (TPSA) is 132 Å². The summed E-state index contributed by atoms with van der Waals surface area (Å²) in [6, 6.07) is 20.0. The number of nitro groups is 1. The third-order valence-electron chi connectivity index (χ3n) is 5.78. The quantitative estimate of drug-likeness (QED) is 0.192. The van der Waals surface area contributed by atoms with Gasteiger partial charge in [-0.15, -0.1) is 0 Å². The molecule has 4 aromatic rings. The van der Waals surface area contributed by atoms with Crippen LogP contribution in [0.4, 0.5) is 17.1 Å². The van der Waals surface area contributed by atoms with E-state index in [1.54, 1.807) is 36.4 Å². The summed E-state index contributed by atoms with van der Waals surface area (Å²) in [6.45, 7) is 0.834. The normalized spacial score (nSPS) is 12.3. The minimum Gasteiger partial charge on any atom is -0.494 e. The predicted octanol–water partition coefficient (Wildman–Crippen LogP) is 4.28. The van der Waals surface area contributed by atoms with Crippen LogP contribution in [-0.2, 0) is 10.0 Å². The van der Waals surface area contributed by atoms with Gasteiger partial charge in [-0.1, -0.05) is 30.3 Å². The molecule has 0 atom stereocenters. The SMILES string of the molecule is CN(C)CCN(c1ccc(N=C(c2cccc([N+](=O)[O-])c2)c2c(O)[nH]c3ccccc23)cc1)S(C)(=O)=O. The van der Waals surface area contributed by atoms with Gasteiger partial charge in [-0.3, -0.25) is 14.4 Å². The summed E-state index contributed by atoms with van der Waals surface area (Å²) in [5.41, 5.74) is 2.74. The van der Waals surface area contributed by atoms with E-state index < -0.39 is 14.9 Å². The molecule has 1 aromatic heterocycles. The number of para-hydroxylation sites is 1. The van der Waals surface area contributed by atoms with Crippen LogP contribution in [-0.4, -0.2) is 67.5 Å². The van der Waals surface area contributed by atoms with Gasteiger partial charge in [0.2, 0.25) is 10.0 Å². The maximum atomic E-state index is 12.4. The highest BCUT2D eigenvalue weighted by molar-refractivity contribution is 7.92. The number of nitro benzene ring substituents is 1. The molecule has 0 fully saturated rings. The highest BCUT2D eigenvalue weighted by Gasteiger charge is 2.21. The lowest BCUT2D eigenvalue weighted by molar-refractivity contribution is -0.384. The van der Waals surface area contributed by atoms with E-state index in [0.29, 0.717) is 45.7 Å². The number of anilines is 1. The van der Waals surface area contributed by atoms with Gasteiger partial charge in [0, 0.05) is 41.7 Å². The number of likely N-dealkylation sites (N-methyl/N-ethyl adjacent to an activating group) is 1. The van der Waals surface area contributed by atoms with Gasteiger partial charge in [-0.2, -0.15) is 0 Å². The number of nitrogens with zero attached hydrogens (tertiary/aromatic N) is 4. The number of aromatic hydroxyl groups is 1. The van der Waals surface area contributed by atoms with Crippen molar-refractivity contribution in [1.82, 2.24) is 9.88 Å². The number of H-pyrrole nitrogens is 1. The van der Waals surface area contributed by atoms with Crippen molar-refractivity contribution in [3.8, 4) is 5.88 Å². The standard InChI is InChI=1S/C26H27N5O5S/c1-29(2)15-16-30(37(3,35)36)20-13-11-19(12-14-20)27-25(18-7-6-8-21(17-18)31(33)34)24-22-9-4-5-10-23(22)28-26(24)32/h4-14,17,28,32H,15-16H2,1-3H3. The van der Waals surface area contributed by atoms with Gasteiger partial charge in [0.15, 0.2) is 5.88 Å². The first-order valence-corrected chi connectivity index (χ1v) is 13.3. The Balaban J connectivity index is 1.83. The minimum absolute atomic E-state index is 0.107. The molecule has 0 amide bonds. The minimum atomic E-state index is -3.50. The Bertz CT molecular complexity index is 1580. The third-order valence-corrected chi connectivity index (χ3v) is 6.98. The van der Waals surface area contributed by atoms with Crippen molar-refractivity contribution in [2.24, 2.45) is 4.99 Å². The molecule has 0 bridgehead atoms. The molecule has 0 spiro atoms. The van der Waals surface area contributed by atoms with Crippen molar-refractivity contribution < 1.29 is 18.4 Å². The van der Waals surface area contributed by atoms with E-state index in [-0.39, 0.29) is 18.1 Å². The van der Waals surface area contributed by atoms with Crippen molar-refractivity contribution in [2.45, 2.75) is 0 Å². The van der Waals surface area contributed by atoms with Crippen LogP contribution in [0.3, 0.4) is 0 Å². The van der Waals surface area contributed by atoms with Crippen LogP contribution in [0.5, 0.6) is 5.88 Å². The molecule has 0 aliphatic rings. The second-order valence-corrected chi connectivity index (χ2v) is 10.7. The fraction of sp³-hybridized carbons (Fsp3) is 0.192. The van der Waals surface area contributed by atoms with E-state index in [1.807, 2.05) is 43.3 Å². The first-order valence-electron chi connectivity index (χ1n) is 11.4. The van der Waals surface area contributed by atoms with Crippen LogP contribution in [0.25, 0.3) is 10.9 Å². The second kappa shape index (κ2) is 10.4. The van der Waals surface area contributed by atoms with Crippen LogP contribution in [0.15, 0.2) is 77.8 Å². The Morgan fingerprint density at radius 3 is 2.38 bits per heavy atom. The zero-order valence-electron chi connectivity index (χ0n) is 20.6. The number of hydrogen-bond acceptors (Lipinski definition) is 7. The molecule has 0 aliphatic heterocycles. The monoisotopic (exact) mass is 521 g/mol. The van der Waals surface area contributed by atoms with Gasteiger partial charge in [0.25, 0.3) is 5.69 Å². The average Bonchev–Trinajstić information content (AvgIpc) is 3.18. The number of aromatic nitrogens is 1. The first kappa shape index (κ1) is 25.9. The Labute approximate surface area is 214 Å². The molecule has 11 heteroatoms. The Kier molecular flexibility index (Phi) is 7.28. The largest absolute Gasteiger partial charge is 0.494 e. The van der Waals surface area contributed by atoms with Crippen LogP contribution >= 0.6 is 0 Å². The highest BCUT2D eigenvalue weighted by Crippen LogP contribution is 2.32. The molecule has 192 valence electrons. The summed E-state index contributed by atoms with van der Waals surface area (Å²) in [4.78, 5) is 20.5. The summed E-state index contributed by atoms with van der Waals surface area (Å²) in [7, 11) is 0.237. The summed E-state index contributed by atoms with van der Waals surface area (Å²) in [6.07, 6.45) is 1.16. The number of benzene rings is 3. The Hall–Kier alpha value is -4.22. The molecule has 0 aliphatic carbocycles. The zero-order valence-corrected chi connectivity index (χ0v) is 21.4. The maximum absolute atomic E-state index is 12.4. The van der Waals surface area contributed by atoms with Gasteiger partial charge >= 0.3 is 0 Å². The van der Waals surface area contributed by atoms with E-state index >= 15 is 0 Å². The number of aliphatic imine (C=N–C) groups is 1. The summed E-state index contributed by atoms with van der Waals surface area (Å²) in [5, 5.41) is 22.9. The number of fused-ring (bicyclic) bond motifs is 1. The molecular formula is C26H27N5O5S. The lowest BCUT2D eigenvalue weighted by Crippen LogP contribution is -2.35. The second-order valence-electron chi connectivity index (χ2n) is 8.82. The van der Waals surface area contributed by atoms with Crippen LogP contribution in [0, 0.1) is 10.1 Å². The number of non-ortho nitro benzene ring substituents is 1. The number of aromatic amines is 1. The molecule has 0 unspecified atom stereocenters. The molecule has 0 saturated heterocycles. The van der Waals surface area contributed by atoms with E-state index in [4.69, 9.17) is 4.99 Å². The molecular weight excluding hydrogens is 494 g/mol. The fourth-order valence-corrected chi connectivity index (χ4v) is 4.92. The lowest BCUT2D eigenvalue weighted by atomic mass is 10.0. The van der Waals surface area contributed by atoms with Gasteiger partial charge in [-0.05, 0) is 44.4 Å².